The fourth-order valence-corrected chi connectivity index (χ4v) is 5.73. The number of hydrogen-bond acceptors (Lipinski definition) is 7. The second kappa shape index (κ2) is 8.16. The van der Waals surface area contributed by atoms with Crippen molar-refractivity contribution >= 4 is 44.4 Å². The average Bonchev–Trinajstić information content (AvgIpc) is 3.48. The Hall–Kier alpha value is -3.33. The number of likely N-dealkylation sites (tertiary alicyclic amines) is 1. The van der Waals surface area contributed by atoms with Crippen molar-refractivity contribution in [3.63, 3.8) is 0 Å². The maximum atomic E-state index is 12.6. The van der Waals surface area contributed by atoms with Gasteiger partial charge in [-0.25, -0.2) is 14.8 Å². The van der Waals surface area contributed by atoms with Crippen LogP contribution in [0.15, 0.2) is 30.7 Å². The topological polar surface area (TPSA) is 95.5 Å². The molecular weight excluding hydrogens is 450 g/mol. The molecule has 1 fully saturated rings. The number of aromatic nitrogens is 3. The van der Waals surface area contributed by atoms with Gasteiger partial charge in [0.25, 0.3) is 0 Å². The van der Waals surface area contributed by atoms with Gasteiger partial charge in [0.2, 0.25) is 0 Å². The zero-order valence-electron chi connectivity index (χ0n) is 20.1. The number of fused-ring (bicyclic) bond motifs is 2. The van der Waals surface area contributed by atoms with Crippen molar-refractivity contribution in [3.05, 3.63) is 36.3 Å². The number of aryl methyl sites for hydroxylation is 1. The van der Waals surface area contributed by atoms with Crippen LogP contribution in [0.4, 0.5) is 10.6 Å². The first-order valence-corrected chi connectivity index (χ1v) is 12.1. The third kappa shape index (κ3) is 3.94. The first-order chi connectivity index (χ1) is 16.1. The predicted molar refractivity (Wildman–Crippen MR) is 136 cm³/mol. The molecule has 0 aliphatic carbocycles. The molecule has 1 unspecified atom stereocenters. The Morgan fingerprint density at radius 3 is 2.76 bits per heavy atom. The standard InChI is InChI=1S/C25H29N5O3S/c1-14-8-15-10-19(34-21(15)18(9-14)32-5)17-12-30(23-20(17)22(26)27-13-28-23)16-6-7-29(11-16)24(31)33-25(2,3)4/h8-10,12-13,16H,6-7,11H2,1-5H3,(H2,26,27,28). The van der Waals surface area contributed by atoms with E-state index in [4.69, 9.17) is 15.2 Å². The Morgan fingerprint density at radius 1 is 1.24 bits per heavy atom. The summed E-state index contributed by atoms with van der Waals surface area (Å²) in [6, 6.07) is 6.45. The number of carbonyl (C=O) groups is 1. The van der Waals surface area contributed by atoms with Crippen LogP contribution in [0, 0.1) is 6.92 Å². The van der Waals surface area contributed by atoms with Gasteiger partial charge >= 0.3 is 6.09 Å². The van der Waals surface area contributed by atoms with Crippen molar-refractivity contribution in [3.8, 4) is 16.2 Å². The molecule has 0 spiro atoms. The monoisotopic (exact) mass is 479 g/mol. The Labute approximate surface area is 202 Å². The van der Waals surface area contributed by atoms with E-state index in [0.717, 1.165) is 49.3 Å². The number of anilines is 1. The molecule has 9 heteroatoms. The highest BCUT2D eigenvalue weighted by Crippen LogP contribution is 2.43. The van der Waals surface area contributed by atoms with Gasteiger partial charge in [0.05, 0.1) is 23.2 Å². The summed E-state index contributed by atoms with van der Waals surface area (Å²) in [7, 11) is 1.70. The summed E-state index contributed by atoms with van der Waals surface area (Å²) in [6.45, 7) is 8.89. The minimum absolute atomic E-state index is 0.0734. The van der Waals surface area contributed by atoms with Gasteiger partial charge in [-0.2, -0.15) is 0 Å². The smallest absolute Gasteiger partial charge is 0.410 e. The van der Waals surface area contributed by atoms with Crippen LogP contribution in [0.3, 0.4) is 0 Å². The number of methoxy groups -OCH3 is 1. The normalized spacial score (nSPS) is 16.5. The lowest BCUT2D eigenvalue weighted by Crippen LogP contribution is -2.35. The van der Waals surface area contributed by atoms with Crippen molar-refractivity contribution in [1.29, 1.82) is 0 Å². The molecule has 178 valence electrons. The van der Waals surface area contributed by atoms with E-state index in [9.17, 15) is 4.79 Å². The van der Waals surface area contributed by atoms with E-state index >= 15 is 0 Å². The van der Waals surface area contributed by atoms with Crippen LogP contribution in [0.1, 0.15) is 38.8 Å². The summed E-state index contributed by atoms with van der Waals surface area (Å²) >= 11 is 1.67. The lowest BCUT2D eigenvalue weighted by atomic mass is 10.1. The molecule has 2 N–H and O–H groups in total. The maximum Gasteiger partial charge on any atom is 0.410 e. The maximum absolute atomic E-state index is 12.6. The fraction of sp³-hybridized carbons (Fsp3) is 0.400. The number of thiophene rings is 1. The fourth-order valence-electron chi connectivity index (χ4n) is 4.58. The lowest BCUT2D eigenvalue weighted by Gasteiger charge is -2.24. The van der Waals surface area contributed by atoms with E-state index in [0.29, 0.717) is 18.9 Å². The van der Waals surface area contributed by atoms with Crippen LogP contribution in [0.5, 0.6) is 5.75 Å². The van der Waals surface area contributed by atoms with Crippen molar-refractivity contribution in [2.24, 2.45) is 0 Å². The number of rotatable bonds is 3. The molecular formula is C25H29N5O3S. The lowest BCUT2D eigenvalue weighted by molar-refractivity contribution is 0.0289. The van der Waals surface area contributed by atoms with Gasteiger partial charge in [0.15, 0.2) is 0 Å². The third-order valence-electron chi connectivity index (χ3n) is 6.06. The van der Waals surface area contributed by atoms with Crippen molar-refractivity contribution in [1.82, 2.24) is 19.4 Å². The number of nitrogen functional groups attached to an aromatic ring is 1. The highest BCUT2D eigenvalue weighted by Gasteiger charge is 2.32. The van der Waals surface area contributed by atoms with Gasteiger partial charge in [-0.1, -0.05) is 6.07 Å². The van der Waals surface area contributed by atoms with Gasteiger partial charge in [0, 0.05) is 29.7 Å². The van der Waals surface area contributed by atoms with Gasteiger partial charge in [-0.15, -0.1) is 11.3 Å². The molecule has 1 saturated heterocycles. The summed E-state index contributed by atoms with van der Waals surface area (Å²) in [5, 5.41) is 1.96. The molecule has 1 aliphatic heterocycles. The molecule has 5 rings (SSSR count). The van der Waals surface area contributed by atoms with E-state index in [1.807, 2.05) is 26.8 Å². The predicted octanol–water partition coefficient (Wildman–Crippen LogP) is 5.39. The molecule has 0 saturated carbocycles. The molecule has 0 radical (unpaired) electrons. The number of nitrogens with two attached hydrogens (primary N) is 1. The van der Waals surface area contributed by atoms with E-state index in [2.05, 4.69) is 39.8 Å². The van der Waals surface area contributed by atoms with Crippen LogP contribution in [-0.4, -0.2) is 51.3 Å². The van der Waals surface area contributed by atoms with Crippen LogP contribution >= 0.6 is 11.3 Å². The quantitative estimate of drug-likeness (QED) is 0.423. The van der Waals surface area contributed by atoms with Gasteiger partial charge < -0.3 is 24.7 Å². The van der Waals surface area contributed by atoms with Crippen LogP contribution in [0.2, 0.25) is 0 Å². The highest BCUT2D eigenvalue weighted by atomic mass is 32.1. The minimum Gasteiger partial charge on any atom is -0.495 e. The second-order valence-electron chi connectivity index (χ2n) is 9.77. The molecule has 34 heavy (non-hydrogen) atoms. The zero-order chi connectivity index (χ0) is 24.2. The molecule has 0 bridgehead atoms. The number of nitrogens with zero attached hydrogens (tertiary/aromatic N) is 4. The summed E-state index contributed by atoms with van der Waals surface area (Å²) in [5.41, 5.74) is 8.75. The summed E-state index contributed by atoms with van der Waals surface area (Å²) in [4.78, 5) is 24.3. The van der Waals surface area contributed by atoms with Crippen LogP contribution < -0.4 is 10.5 Å². The average molecular weight is 480 g/mol. The molecule has 1 aliphatic rings. The van der Waals surface area contributed by atoms with Crippen molar-refractivity contribution in [2.75, 3.05) is 25.9 Å². The number of hydrogen-bond donors (Lipinski definition) is 1. The van der Waals surface area contributed by atoms with Crippen LogP contribution in [-0.2, 0) is 4.74 Å². The number of amides is 1. The van der Waals surface area contributed by atoms with Crippen molar-refractivity contribution in [2.45, 2.75) is 45.8 Å². The van der Waals surface area contributed by atoms with Gasteiger partial charge in [-0.05, 0) is 57.2 Å². The second-order valence-corrected chi connectivity index (χ2v) is 10.8. The summed E-state index contributed by atoms with van der Waals surface area (Å²) in [5.74, 6) is 1.31. The van der Waals surface area contributed by atoms with E-state index in [1.54, 1.807) is 23.3 Å². The third-order valence-corrected chi connectivity index (χ3v) is 7.26. The highest BCUT2D eigenvalue weighted by molar-refractivity contribution is 7.22. The van der Waals surface area contributed by atoms with E-state index < -0.39 is 5.60 Å². The first kappa shape index (κ1) is 22.5. The SMILES string of the molecule is COc1cc(C)cc2cc(-c3cn(C4CCN(C(=O)OC(C)(C)C)C4)c4ncnc(N)c34)sc12. The number of carbonyl (C=O) groups excluding carboxylic acids is 1. The zero-order valence-corrected chi connectivity index (χ0v) is 20.9. The van der Waals surface area contributed by atoms with Gasteiger partial charge in [-0.3, -0.25) is 0 Å². The summed E-state index contributed by atoms with van der Waals surface area (Å²) in [6.07, 6.45) is 4.12. The molecule has 1 aromatic carbocycles. The minimum atomic E-state index is -0.523. The molecule has 1 atom stereocenters. The molecule has 8 nitrogen and oxygen atoms in total. The van der Waals surface area contributed by atoms with E-state index in [-0.39, 0.29) is 12.1 Å². The Kier molecular flexibility index (Phi) is 5.39. The van der Waals surface area contributed by atoms with Crippen molar-refractivity contribution < 1.29 is 14.3 Å². The molecule has 4 aromatic rings. The molecule has 1 amide bonds. The number of benzene rings is 1. The van der Waals surface area contributed by atoms with Gasteiger partial charge in [0.1, 0.15) is 29.1 Å². The summed E-state index contributed by atoms with van der Waals surface area (Å²) < 4.78 is 14.4. The number of ether oxygens (including phenoxy) is 2. The Morgan fingerprint density at radius 2 is 2.03 bits per heavy atom. The van der Waals surface area contributed by atoms with Crippen LogP contribution in [0.25, 0.3) is 31.6 Å². The Balaban J connectivity index is 1.56. The molecule has 3 aromatic heterocycles. The molecule has 4 heterocycles. The first-order valence-electron chi connectivity index (χ1n) is 11.3. The largest absolute Gasteiger partial charge is 0.495 e. The van der Waals surface area contributed by atoms with E-state index in [1.165, 1.54) is 6.33 Å². The Bertz CT molecular complexity index is 1400.